The monoisotopic (exact) mass is 328 g/mol. The first-order chi connectivity index (χ1) is 9.78. The van der Waals surface area contributed by atoms with Crippen LogP contribution in [-0.4, -0.2) is 11.1 Å². The van der Waals surface area contributed by atoms with Gasteiger partial charge in [0, 0.05) is 28.1 Å². The lowest BCUT2D eigenvalue weighted by Gasteiger charge is -2.05. The Bertz CT molecular complexity index is 713. The van der Waals surface area contributed by atoms with Gasteiger partial charge in [-0.3, -0.25) is 0 Å². The fourth-order valence-corrected chi connectivity index (χ4v) is 2.86. The van der Waals surface area contributed by atoms with Gasteiger partial charge in [0.15, 0.2) is 0 Å². The second kappa shape index (κ2) is 5.81. The lowest BCUT2D eigenvalue weighted by molar-refractivity contribution is 0.827. The summed E-state index contributed by atoms with van der Waals surface area (Å²) in [6, 6.07) is 17.0. The second-order valence-corrected chi connectivity index (χ2v) is 5.88. The third-order valence-corrected chi connectivity index (χ3v) is 4.08. The van der Waals surface area contributed by atoms with E-state index in [1.165, 1.54) is 22.0 Å². The summed E-state index contributed by atoms with van der Waals surface area (Å²) in [6.45, 7) is 1.57. The molecule has 3 heteroatoms. The van der Waals surface area contributed by atoms with Crippen molar-refractivity contribution in [3.63, 3.8) is 0 Å². The number of aromatic nitrogens is 1. The van der Waals surface area contributed by atoms with Crippen molar-refractivity contribution in [3.05, 3.63) is 70.3 Å². The summed E-state index contributed by atoms with van der Waals surface area (Å²) in [5, 5.41) is 1.31. The quantitative estimate of drug-likeness (QED) is 0.772. The zero-order valence-electron chi connectivity index (χ0n) is 11.2. The molecule has 0 spiro atoms. The molecule has 1 aromatic heterocycles. The number of nitrogens with zero attached hydrogens (tertiary/aromatic N) is 1. The molecule has 0 saturated heterocycles. The van der Waals surface area contributed by atoms with Gasteiger partial charge in [0.25, 0.3) is 0 Å². The van der Waals surface area contributed by atoms with Crippen LogP contribution in [0.3, 0.4) is 0 Å². The number of fused-ring (bicyclic) bond motifs is 1. The zero-order valence-corrected chi connectivity index (χ0v) is 12.8. The molecule has 0 unspecified atom stereocenters. The molecule has 102 valence electrons. The maximum Gasteiger partial charge on any atom is 0.0486 e. The van der Waals surface area contributed by atoms with Crippen molar-refractivity contribution in [2.24, 2.45) is 5.73 Å². The van der Waals surface area contributed by atoms with Crippen LogP contribution in [0.5, 0.6) is 0 Å². The number of para-hydroxylation sites is 1. The first-order valence-electron chi connectivity index (χ1n) is 6.79. The van der Waals surface area contributed by atoms with E-state index >= 15 is 0 Å². The average Bonchev–Trinajstić information content (AvgIpc) is 2.81. The molecule has 0 amide bonds. The van der Waals surface area contributed by atoms with Gasteiger partial charge in [-0.15, -0.1) is 0 Å². The minimum atomic E-state index is 0.687. The normalized spacial score (nSPS) is 11.1. The highest BCUT2D eigenvalue weighted by molar-refractivity contribution is 9.10. The van der Waals surface area contributed by atoms with E-state index in [9.17, 15) is 0 Å². The molecule has 0 atom stereocenters. The maximum atomic E-state index is 5.72. The van der Waals surface area contributed by atoms with E-state index in [-0.39, 0.29) is 0 Å². The molecule has 0 fully saturated rings. The summed E-state index contributed by atoms with van der Waals surface area (Å²) in [7, 11) is 0. The van der Waals surface area contributed by atoms with Gasteiger partial charge in [0.05, 0.1) is 0 Å². The first-order valence-corrected chi connectivity index (χ1v) is 7.58. The van der Waals surface area contributed by atoms with E-state index in [1.807, 2.05) is 0 Å². The minimum absolute atomic E-state index is 0.687. The first kappa shape index (κ1) is 13.4. The van der Waals surface area contributed by atoms with Crippen LogP contribution >= 0.6 is 15.9 Å². The lowest BCUT2D eigenvalue weighted by atomic mass is 10.1. The molecule has 0 bridgehead atoms. The van der Waals surface area contributed by atoms with Crippen molar-refractivity contribution in [2.45, 2.75) is 13.0 Å². The number of hydrogen-bond donors (Lipinski definition) is 1. The van der Waals surface area contributed by atoms with Crippen LogP contribution in [0.1, 0.15) is 11.1 Å². The predicted octanol–water partition coefficient (Wildman–Crippen LogP) is 3.95. The summed E-state index contributed by atoms with van der Waals surface area (Å²) in [5.41, 5.74) is 9.63. The SMILES string of the molecule is NCCc1cn(Cc2ccc(Br)cc2)c2ccccc12. The molecule has 0 aliphatic heterocycles. The van der Waals surface area contributed by atoms with Gasteiger partial charge in [-0.05, 0) is 42.3 Å². The van der Waals surface area contributed by atoms with Gasteiger partial charge in [-0.1, -0.05) is 46.3 Å². The fourth-order valence-electron chi connectivity index (χ4n) is 2.59. The Balaban J connectivity index is 2.00. The minimum Gasteiger partial charge on any atom is -0.343 e. The Morgan fingerprint density at radius 3 is 2.50 bits per heavy atom. The summed E-state index contributed by atoms with van der Waals surface area (Å²) in [4.78, 5) is 0. The molecule has 0 aliphatic rings. The van der Waals surface area contributed by atoms with Gasteiger partial charge >= 0.3 is 0 Å². The van der Waals surface area contributed by atoms with Crippen molar-refractivity contribution in [1.82, 2.24) is 4.57 Å². The summed E-state index contributed by atoms with van der Waals surface area (Å²) < 4.78 is 3.42. The predicted molar refractivity (Wildman–Crippen MR) is 87.9 cm³/mol. The van der Waals surface area contributed by atoms with Crippen LogP contribution in [0.4, 0.5) is 0 Å². The highest BCUT2D eigenvalue weighted by Crippen LogP contribution is 2.23. The van der Waals surface area contributed by atoms with E-state index in [4.69, 9.17) is 5.73 Å². The number of nitrogens with two attached hydrogens (primary N) is 1. The molecular formula is C17H17BrN2. The molecule has 20 heavy (non-hydrogen) atoms. The lowest BCUT2D eigenvalue weighted by Crippen LogP contribution is -2.02. The number of benzene rings is 2. The molecule has 1 heterocycles. The smallest absolute Gasteiger partial charge is 0.0486 e. The van der Waals surface area contributed by atoms with E-state index in [2.05, 4.69) is 75.2 Å². The summed E-state index contributed by atoms with van der Waals surface area (Å²) in [5.74, 6) is 0. The van der Waals surface area contributed by atoms with Gasteiger partial charge in [-0.25, -0.2) is 0 Å². The Morgan fingerprint density at radius 2 is 1.75 bits per heavy atom. The molecule has 0 aliphatic carbocycles. The van der Waals surface area contributed by atoms with Crippen molar-refractivity contribution < 1.29 is 0 Å². The molecule has 3 rings (SSSR count). The topological polar surface area (TPSA) is 30.9 Å². The Kier molecular flexibility index (Phi) is 3.90. The van der Waals surface area contributed by atoms with Crippen molar-refractivity contribution in [3.8, 4) is 0 Å². The van der Waals surface area contributed by atoms with Crippen molar-refractivity contribution in [1.29, 1.82) is 0 Å². The Hall–Kier alpha value is -1.58. The fraction of sp³-hybridized carbons (Fsp3) is 0.176. The summed E-state index contributed by atoms with van der Waals surface area (Å²) in [6.07, 6.45) is 3.16. The van der Waals surface area contributed by atoms with Crippen LogP contribution in [0.2, 0.25) is 0 Å². The summed E-state index contributed by atoms with van der Waals surface area (Å²) >= 11 is 3.47. The van der Waals surface area contributed by atoms with E-state index < -0.39 is 0 Å². The molecular weight excluding hydrogens is 312 g/mol. The standard InChI is InChI=1S/C17H17BrN2/c18-15-7-5-13(6-8-15)11-20-12-14(9-10-19)16-3-1-2-4-17(16)20/h1-8,12H,9-11,19H2. The number of halogens is 1. The molecule has 0 radical (unpaired) electrons. The van der Waals surface area contributed by atoms with Gasteiger partial charge in [0.2, 0.25) is 0 Å². The average molecular weight is 329 g/mol. The molecule has 0 saturated carbocycles. The highest BCUT2D eigenvalue weighted by Gasteiger charge is 2.07. The van der Waals surface area contributed by atoms with Gasteiger partial charge in [-0.2, -0.15) is 0 Å². The van der Waals surface area contributed by atoms with Crippen LogP contribution in [-0.2, 0) is 13.0 Å². The largest absolute Gasteiger partial charge is 0.343 e. The van der Waals surface area contributed by atoms with Crippen LogP contribution < -0.4 is 5.73 Å². The third-order valence-electron chi connectivity index (χ3n) is 3.55. The number of rotatable bonds is 4. The second-order valence-electron chi connectivity index (χ2n) is 4.96. The van der Waals surface area contributed by atoms with Crippen LogP contribution in [0.15, 0.2) is 59.2 Å². The highest BCUT2D eigenvalue weighted by atomic mass is 79.9. The van der Waals surface area contributed by atoms with Gasteiger partial charge in [0.1, 0.15) is 0 Å². The maximum absolute atomic E-state index is 5.72. The Labute approximate surface area is 127 Å². The molecule has 3 aromatic rings. The molecule has 2 N–H and O–H groups in total. The van der Waals surface area contributed by atoms with Crippen LogP contribution in [0.25, 0.3) is 10.9 Å². The molecule has 2 nitrogen and oxygen atoms in total. The third kappa shape index (κ3) is 2.65. The van der Waals surface area contributed by atoms with E-state index in [1.54, 1.807) is 0 Å². The van der Waals surface area contributed by atoms with E-state index in [0.717, 1.165) is 17.4 Å². The zero-order chi connectivity index (χ0) is 13.9. The molecule has 2 aromatic carbocycles. The van der Waals surface area contributed by atoms with Crippen molar-refractivity contribution >= 4 is 26.8 Å². The van der Waals surface area contributed by atoms with E-state index in [0.29, 0.717) is 6.54 Å². The van der Waals surface area contributed by atoms with Crippen molar-refractivity contribution in [2.75, 3.05) is 6.54 Å². The number of hydrogen-bond acceptors (Lipinski definition) is 1. The Morgan fingerprint density at radius 1 is 1.00 bits per heavy atom. The van der Waals surface area contributed by atoms with Gasteiger partial charge < -0.3 is 10.3 Å². The van der Waals surface area contributed by atoms with Crippen LogP contribution in [0, 0.1) is 0 Å².